The summed E-state index contributed by atoms with van der Waals surface area (Å²) in [6.07, 6.45) is -3.14. The molecule has 15 nitrogen and oxygen atoms in total. The molecule has 1 aliphatic heterocycles. The molecule has 0 bridgehead atoms. The second-order valence-corrected chi connectivity index (χ2v) is 14.5. The lowest BCUT2D eigenvalue weighted by Crippen LogP contribution is -2.52. The van der Waals surface area contributed by atoms with E-state index in [1.54, 1.807) is 75.7 Å². The Hall–Kier alpha value is -5.22. The number of aromatic nitrogens is 2. The van der Waals surface area contributed by atoms with Crippen molar-refractivity contribution in [1.29, 1.82) is 0 Å². The van der Waals surface area contributed by atoms with Crippen LogP contribution in [0.5, 0.6) is 11.5 Å². The normalized spacial score (nSPS) is 19.1. The standard InChI is InChI=1S/C39H40N3O11P.C6H15N/c1-4-50-34-36(42-24-23-33(41-37(42)44)40-35(43)26-11-7-5-8-12-26)52-32(39(34,45)53-54(46)47)25-51-38(27-13-9-6-10-14-27,28-15-19-30(48-2)20-16-28)29-17-21-31(49-3)22-18-29;1-4-7(5-2)6-3/h5-24,32,34,36,45,54H,4,25H2,1-3H3,(H,46,47)(H,40,41,43,44);4-6H2,1-3H3/t32-,34+,36-,39-;/m1./s1. The van der Waals surface area contributed by atoms with Crippen molar-refractivity contribution in [2.24, 2.45) is 0 Å². The van der Waals surface area contributed by atoms with Gasteiger partial charge in [-0.25, -0.2) is 4.79 Å². The first-order valence-electron chi connectivity index (χ1n) is 20.1. The Labute approximate surface area is 356 Å². The summed E-state index contributed by atoms with van der Waals surface area (Å²) in [7, 11) is -0.715. The molecule has 1 unspecified atom stereocenters. The number of methoxy groups -OCH3 is 2. The number of anilines is 1. The van der Waals surface area contributed by atoms with E-state index >= 15 is 0 Å². The summed E-state index contributed by atoms with van der Waals surface area (Å²) in [5.41, 5.74) is 0.161. The molecule has 5 atom stereocenters. The number of benzene rings is 4. The summed E-state index contributed by atoms with van der Waals surface area (Å²) in [6, 6.07) is 33.6. The van der Waals surface area contributed by atoms with Crippen molar-refractivity contribution in [3.63, 3.8) is 0 Å². The number of aliphatic hydroxyl groups is 1. The van der Waals surface area contributed by atoms with E-state index < -0.39 is 56.3 Å². The average Bonchev–Trinajstić information content (AvgIpc) is 3.54. The molecule has 1 fully saturated rings. The number of nitrogens with zero attached hydrogens (tertiary/aromatic N) is 3. The number of carbonyl (C=O) groups is 1. The fraction of sp³-hybridized carbons (Fsp3) is 0.356. The predicted octanol–water partition coefficient (Wildman–Crippen LogP) is 6.26. The lowest BCUT2D eigenvalue weighted by Gasteiger charge is -2.38. The molecule has 0 aliphatic carbocycles. The average molecular weight is 859 g/mol. The fourth-order valence-corrected chi connectivity index (χ4v) is 7.67. The maximum Gasteiger partial charge on any atom is 0.351 e. The zero-order chi connectivity index (χ0) is 44.0. The van der Waals surface area contributed by atoms with Gasteiger partial charge in [-0.2, -0.15) is 4.98 Å². The molecule has 16 heteroatoms. The van der Waals surface area contributed by atoms with Crippen LogP contribution < -0.4 is 20.5 Å². The van der Waals surface area contributed by atoms with Crippen LogP contribution in [0.3, 0.4) is 0 Å². The van der Waals surface area contributed by atoms with E-state index in [0.29, 0.717) is 33.8 Å². The van der Waals surface area contributed by atoms with Crippen LogP contribution >= 0.6 is 8.25 Å². The van der Waals surface area contributed by atoms with E-state index in [0.717, 1.165) is 4.57 Å². The molecular weight excluding hydrogens is 803 g/mol. The highest BCUT2D eigenvalue weighted by Gasteiger charge is 2.60. The quantitative estimate of drug-likeness (QED) is 0.0511. The van der Waals surface area contributed by atoms with E-state index in [1.807, 2.05) is 54.6 Å². The highest BCUT2D eigenvalue weighted by atomic mass is 31.1. The second kappa shape index (κ2) is 22.0. The highest BCUT2D eigenvalue weighted by Crippen LogP contribution is 2.47. The first-order chi connectivity index (χ1) is 29.5. The number of carbonyl (C=O) groups excluding carboxylic acids is 1. The van der Waals surface area contributed by atoms with E-state index in [1.165, 1.54) is 31.9 Å². The van der Waals surface area contributed by atoms with Crippen molar-refractivity contribution in [3.8, 4) is 11.5 Å². The number of hydrogen-bond acceptors (Lipinski definition) is 12. The minimum atomic E-state index is -3.84. The van der Waals surface area contributed by atoms with Crippen LogP contribution in [0.25, 0.3) is 0 Å². The smallest absolute Gasteiger partial charge is 0.351 e. The maximum atomic E-state index is 13.5. The Morgan fingerprint density at radius 2 is 1.36 bits per heavy atom. The van der Waals surface area contributed by atoms with Crippen molar-refractivity contribution >= 4 is 20.0 Å². The molecule has 0 saturated carbocycles. The van der Waals surface area contributed by atoms with Crippen LogP contribution in [-0.2, 0) is 28.9 Å². The van der Waals surface area contributed by atoms with Gasteiger partial charge in [0, 0.05) is 18.4 Å². The molecule has 61 heavy (non-hydrogen) atoms. The Kier molecular flexibility index (Phi) is 16.9. The lowest BCUT2D eigenvalue weighted by molar-refractivity contribution is -0.233. The Balaban J connectivity index is 0.000000925. The molecule has 326 valence electrons. The maximum absolute atomic E-state index is 13.5. The van der Waals surface area contributed by atoms with E-state index in [2.05, 4.69) is 36.0 Å². The fourth-order valence-electron chi connectivity index (χ4n) is 7.14. The molecule has 0 radical (unpaired) electrons. The zero-order valence-corrected chi connectivity index (χ0v) is 36.2. The number of hydrogen-bond donors (Lipinski definition) is 3. The summed E-state index contributed by atoms with van der Waals surface area (Å²) < 4.78 is 48.7. The van der Waals surface area contributed by atoms with Gasteiger partial charge in [0.15, 0.2) is 12.3 Å². The third-order valence-electron chi connectivity index (χ3n) is 10.4. The van der Waals surface area contributed by atoms with Gasteiger partial charge < -0.3 is 43.9 Å². The Morgan fingerprint density at radius 1 is 0.836 bits per heavy atom. The van der Waals surface area contributed by atoms with Gasteiger partial charge in [-0.3, -0.25) is 18.5 Å². The predicted molar refractivity (Wildman–Crippen MR) is 231 cm³/mol. The molecule has 4 aromatic carbocycles. The third-order valence-corrected chi connectivity index (χ3v) is 10.9. The molecule has 1 saturated heterocycles. The van der Waals surface area contributed by atoms with Crippen molar-refractivity contribution in [2.45, 2.75) is 57.5 Å². The van der Waals surface area contributed by atoms with Gasteiger partial charge >= 0.3 is 13.9 Å². The second-order valence-electron chi connectivity index (χ2n) is 13.8. The van der Waals surface area contributed by atoms with Gasteiger partial charge in [0.25, 0.3) is 5.91 Å². The molecule has 5 aromatic rings. The molecule has 6 rings (SSSR count). The van der Waals surface area contributed by atoms with Crippen molar-refractivity contribution in [3.05, 3.63) is 154 Å². The lowest BCUT2D eigenvalue weighted by atomic mass is 9.80. The van der Waals surface area contributed by atoms with Crippen LogP contribution in [0, 0.1) is 0 Å². The monoisotopic (exact) mass is 858 g/mol. The molecule has 0 spiro atoms. The van der Waals surface area contributed by atoms with Crippen molar-refractivity contribution in [2.75, 3.05) is 52.4 Å². The number of nitrogens with one attached hydrogen (secondary N) is 1. The Morgan fingerprint density at radius 3 is 1.82 bits per heavy atom. The number of rotatable bonds is 18. The SMILES string of the molecule is CCN(CC)CC.CCO[C@H]1[C@H](n2ccc(NC(=O)c3ccccc3)nc2=O)O[C@H](COC(c2ccccc2)(c2ccc(OC)cc2)c2ccc(OC)cc2)[C@@]1(O)O[PH](=O)O. The van der Waals surface area contributed by atoms with Gasteiger partial charge in [0.2, 0.25) is 5.79 Å². The van der Waals surface area contributed by atoms with Gasteiger partial charge in [-0.15, -0.1) is 0 Å². The largest absolute Gasteiger partial charge is 0.497 e. The van der Waals surface area contributed by atoms with Crippen LogP contribution in [0.15, 0.2) is 126 Å². The molecular formula is C45H55N4O11P. The van der Waals surface area contributed by atoms with E-state index in [-0.39, 0.29) is 12.4 Å². The number of amides is 1. The first-order valence-corrected chi connectivity index (χ1v) is 21.3. The van der Waals surface area contributed by atoms with E-state index in [4.69, 9.17) is 28.2 Å². The van der Waals surface area contributed by atoms with Gasteiger partial charge in [-0.1, -0.05) is 93.6 Å². The third kappa shape index (κ3) is 11.0. The van der Waals surface area contributed by atoms with Crippen LogP contribution in [-0.4, -0.2) is 95.4 Å². The summed E-state index contributed by atoms with van der Waals surface area (Å²) in [5, 5.41) is 14.8. The van der Waals surface area contributed by atoms with Crippen LogP contribution in [0.4, 0.5) is 5.82 Å². The van der Waals surface area contributed by atoms with Gasteiger partial charge in [-0.05, 0) is 85.7 Å². The minimum absolute atomic E-state index is 0.00478. The van der Waals surface area contributed by atoms with Crippen LogP contribution in [0.1, 0.15) is 61.0 Å². The summed E-state index contributed by atoms with van der Waals surface area (Å²) >= 11 is 0. The Bertz CT molecular complexity index is 2160. The van der Waals surface area contributed by atoms with Crippen LogP contribution in [0.2, 0.25) is 0 Å². The van der Waals surface area contributed by atoms with Gasteiger partial charge in [0.1, 0.15) is 29.0 Å². The molecule has 3 N–H and O–H groups in total. The molecule has 1 amide bonds. The molecule has 1 aliphatic rings. The van der Waals surface area contributed by atoms with Gasteiger partial charge in [0.05, 0.1) is 20.8 Å². The molecule has 1 aromatic heterocycles. The van der Waals surface area contributed by atoms with Crippen molar-refractivity contribution < 1.29 is 47.6 Å². The summed E-state index contributed by atoms with van der Waals surface area (Å²) in [6.45, 7) is 11.3. The zero-order valence-electron chi connectivity index (χ0n) is 35.2. The summed E-state index contributed by atoms with van der Waals surface area (Å²) in [4.78, 5) is 42.6. The summed E-state index contributed by atoms with van der Waals surface area (Å²) in [5.74, 6) is -1.90. The van der Waals surface area contributed by atoms with E-state index in [9.17, 15) is 24.2 Å². The minimum Gasteiger partial charge on any atom is -0.497 e. The first kappa shape index (κ1) is 46.8. The highest BCUT2D eigenvalue weighted by molar-refractivity contribution is 7.32. The molecule has 2 heterocycles. The topological polar surface area (TPSA) is 180 Å². The van der Waals surface area contributed by atoms with Crippen molar-refractivity contribution in [1.82, 2.24) is 14.5 Å². The number of ether oxygens (including phenoxy) is 5.